The molecule has 1 aromatic carbocycles. The van der Waals surface area contributed by atoms with Crippen LogP contribution in [-0.4, -0.2) is 65.9 Å². The lowest BCUT2D eigenvalue weighted by Gasteiger charge is -2.39. The number of nitrogens with one attached hydrogen (secondary N) is 2. The number of benzene rings is 1. The van der Waals surface area contributed by atoms with Crippen molar-refractivity contribution in [2.75, 3.05) is 19.4 Å². The van der Waals surface area contributed by atoms with E-state index >= 15 is 0 Å². The zero-order valence-corrected chi connectivity index (χ0v) is 25.1. The Kier molecular flexibility index (Phi) is 13.1. The highest BCUT2D eigenvalue weighted by atomic mass is 32.1. The first-order valence-electron chi connectivity index (χ1n) is 13.0. The number of carbonyl (C=O) groups excluding carboxylic acids is 4. The Balaban J connectivity index is 3.61. The smallest absolute Gasteiger partial charge is 0.408 e. The van der Waals surface area contributed by atoms with Crippen molar-refractivity contribution in [2.45, 2.75) is 92.0 Å². The number of esters is 1. The van der Waals surface area contributed by atoms with Gasteiger partial charge in [0.25, 0.3) is 0 Å². The van der Waals surface area contributed by atoms with Gasteiger partial charge < -0.3 is 25.0 Å². The van der Waals surface area contributed by atoms with Crippen LogP contribution in [0.2, 0.25) is 0 Å². The molecule has 0 radical (unpaired) electrons. The van der Waals surface area contributed by atoms with E-state index in [9.17, 15) is 19.2 Å². The van der Waals surface area contributed by atoms with Gasteiger partial charge >= 0.3 is 12.1 Å². The molecule has 1 rings (SSSR count). The number of hydrogen-bond donors (Lipinski definition) is 3. The van der Waals surface area contributed by atoms with Crippen molar-refractivity contribution in [3.05, 3.63) is 34.9 Å². The minimum absolute atomic E-state index is 0.00518. The summed E-state index contributed by atoms with van der Waals surface area (Å²) in [5.74, 6) is -1.23. The molecule has 0 aliphatic rings. The zero-order valence-electron chi connectivity index (χ0n) is 24.2. The van der Waals surface area contributed by atoms with Gasteiger partial charge in [0.1, 0.15) is 24.2 Å². The van der Waals surface area contributed by atoms with Gasteiger partial charge in [-0.3, -0.25) is 14.4 Å². The Morgan fingerprint density at radius 1 is 1.05 bits per heavy atom. The Bertz CT molecular complexity index is 976. The van der Waals surface area contributed by atoms with Crippen LogP contribution < -0.4 is 10.6 Å². The number of amides is 3. The number of rotatable bonds is 12. The first kappa shape index (κ1) is 33.3. The first-order chi connectivity index (χ1) is 17.6. The second-order valence-electron chi connectivity index (χ2n) is 10.9. The summed E-state index contributed by atoms with van der Waals surface area (Å²) in [5, 5.41) is 5.24. The molecular weight excluding hydrogens is 506 g/mol. The molecule has 3 amide bonds. The van der Waals surface area contributed by atoms with E-state index in [-0.39, 0.29) is 18.3 Å². The average Bonchev–Trinajstić information content (AvgIpc) is 2.83. The van der Waals surface area contributed by atoms with Crippen molar-refractivity contribution in [3.63, 3.8) is 0 Å². The lowest BCUT2D eigenvalue weighted by atomic mass is 9.93. The molecule has 0 aliphatic carbocycles. The molecule has 38 heavy (non-hydrogen) atoms. The summed E-state index contributed by atoms with van der Waals surface area (Å²) in [6, 6.07) is 3.08. The van der Waals surface area contributed by atoms with Gasteiger partial charge in [0.05, 0.1) is 7.11 Å². The van der Waals surface area contributed by atoms with Crippen LogP contribution in [0, 0.1) is 19.8 Å². The van der Waals surface area contributed by atoms with E-state index in [1.807, 2.05) is 32.9 Å². The number of hydrogen-bond acceptors (Lipinski definition) is 7. The molecule has 0 fully saturated rings. The summed E-state index contributed by atoms with van der Waals surface area (Å²) in [4.78, 5) is 53.7. The topological polar surface area (TPSA) is 114 Å². The van der Waals surface area contributed by atoms with E-state index in [1.54, 1.807) is 26.8 Å². The monoisotopic (exact) mass is 551 g/mol. The van der Waals surface area contributed by atoms with E-state index in [1.165, 1.54) is 12.0 Å². The van der Waals surface area contributed by atoms with Gasteiger partial charge in [0.2, 0.25) is 11.8 Å². The van der Waals surface area contributed by atoms with Crippen molar-refractivity contribution in [1.29, 1.82) is 0 Å². The highest BCUT2D eigenvalue weighted by Crippen LogP contribution is 2.30. The standard InChI is InChI=1S/C28H45N3O6S/c1-17(2)13-14-19(4)31(26(34)22(16-38)30-27(35)37-28(6,7)8)24(25(33)29-15-23(32)36-9)21-12-10-11-18(3)20(21)5/h10-12,17,19,22,24,38H,13-16H2,1-9H3,(H,29,33)(H,30,35). The number of aryl methyl sites for hydroxylation is 1. The maximum atomic E-state index is 14.1. The van der Waals surface area contributed by atoms with Crippen molar-refractivity contribution in [3.8, 4) is 0 Å². The van der Waals surface area contributed by atoms with Gasteiger partial charge in [-0.25, -0.2) is 4.79 Å². The predicted octanol–water partition coefficient (Wildman–Crippen LogP) is 4.11. The minimum Gasteiger partial charge on any atom is -0.468 e. The highest BCUT2D eigenvalue weighted by molar-refractivity contribution is 7.80. The number of carbonyl (C=O) groups is 4. The number of ether oxygens (including phenoxy) is 2. The third-order valence-electron chi connectivity index (χ3n) is 6.17. The van der Waals surface area contributed by atoms with Gasteiger partial charge in [-0.05, 0) is 77.0 Å². The van der Waals surface area contributed by atoms with E-state index in [0.29, 0.717) is 17.9 Å². The maximum Gasteiger partial charge on any atom is 0.408 e. The number of methoxy groups -OCH3 is 1. The van der Waals surface area contributed by atoms with Crippen molar-refractivity contribution in [1.82, 2.24) is 15.5 Å². The quantitative estimate of drug-likeness (QED) is 0.266. The molecule has 0 saturated heterocycles. The van der Waals surface area contributed by atoms with Crippen LogP contribution in [0.5, 0.6) is 0 Å². The second-order valence-corrected chi connectivity index (χ2v) is 11.3. The number of alkyl carbamates (subject to hydrolysis) is 1. The number of thiol groups is 1. The Labute approximate surface area is 232 Å². The molecule has 0 aliphatic heterocycles. The molecule has 9 nitrogen and oxygen atoms in total. The van der Waals surface area contributed by atoms with Crippen molar-refractivity contribution in [2.24, 2.45) is 5.92 Å². The molecule has 0 spiro atoms. The molecular formula is C28H45N3O6S. The van der Waals surface area contributed by atoms with Crippen LogP contribution >= 0.6 is 12.6 Å². The highest BCUT2D eigenvalue weighted by Gasteiger charge is 2.39. The van der Waals surface area contributed by atoms with Gasteiger partial charge in [-0.15, -0.1) is 0 Å². The average molecular weight is 552 g/mol. The van der Waals surface area contributed by atoms with Crippen LogP contribution in [0.25, 0.3) is 0 Å². The molecule has 0 bridgehead atoms. The molecule has 0 heterocycles. The summed E-state index contributed by atoms with van der Waals surface area (Å²) in [6.07, 6.45) is 0.693. The third kappa shape index (κ3) is 10.2. The fourth-order valence-electron chi connectivity index (χ4n) is 3.94. The summed E-state index contributed by atoms with van der Waals surface area (Å²) < 4.78 is 10.0. The van der Waals surface area contributed by atoms with E-state index < -0.39 is 41.6 Å². The van der Waals surface area contributed by atoms with Crippen LogP contribution in [0.1, 0.15) is 77.1 Å². The third-order valence-corrected chi connectivity index (χ3v) is 6.53. The predicted molar refractivity (Wildman–Crippen MR) is 151 cm³/mol. The second kappa shape index (κ2) is 15.0. The molecule has 1 aromatic rings. The van der Waals surface area contributed by atoms with Gasteiger partial charge in [0, 0.05) is 11.8 Å². The Hall–Kier alpha value is -2.75. The van der Waals surface area contributed by atoms with E-state index in [2.05, 4.69) is 41.8 Å². The molecule has 214 valence electrons. The van der Waals surface area contributed by atoms with Crippen molar-refractivity contribution < 1.29 is 28.7 Å². The summed E-state index contributed by atoms with van der Waals surface area (Å²) in [5.41, 5.74) is 1.68. The first-order valence-corrected chi connectivity index (χ1v) is 13.6. The van der Waals surface area contributed by atoms with Gasteiger partial charge in [-0.1, -0.05) is 32.0 Å². The molecule has 3 atom stereocenters. The Morgan fingerprint density at radius 2 is 1.68 bits per heavy atom. The molecule has 2 N–H and O–H groups in total. The molecule has 3 unspecified atom stereocenters. The lowest BCUT2D eigenvalue weighted by molar-refractivity contribution is -0.146. The van der Waals surface area contributed by atoms with Crippen LogP contribution in [0.15, 0.2) is 18.2 Å². The van der Waals surface area contributed by atoms with Crippen LogP contribution in [-0.2, 0) is 23.9 Å². The molecule has 10 heteroatoms. The minimum atomic E-state index is -1.06. The number of nitrogens with zero attached hydrogens (tertiary/aromatic N) is 1. The molecule has 0 aromatic heterocycles. The summed E-state index contributed by atoms with van der Waals surface area (Å²) >= 11 is 4.33. The summed E-state index contributed by atoms with van der Waals surface area (Å²) in [7, 11) is 1.24. The van der Waals surface area contributed by atoms with E-state index in [0.717, 1.165) is 17.5 Å². The normalized spacial score (nSPS) is 13.8. The van der Waals surface area contributed by atoms with Crippen LogP contribution in [0.3, 0.4) is 0 Å². The van der Waals surface area contributed by atoms with Crippen molar-refractivity contribution >= 4 is 36.5 Å². The lowest BCUT2D eigenvalue weighted by Crippen LogP contribution is -2.56. The SMILES string of the molecule is COC(=O)CNC(=O)C(c1cccc(C)c1C)N(C(=O)C(CS)NC(=O)OC(C)(C)C)C(C)CCC(C)C. The zero-order chi connectivity index (χ0) is 29.2. The maximum absolute atomic E-state index is 14.1. The van der Waals surface area contributed by atoms with Gasteiger partial charge in [0.15, 0.2) is 0 Å². The van der Waals surface area contributed by atoms with E-state index in [4.69, 9.17) is 4.74 Å². The Morgan fingerprint density at radius 3 is 2.21 bits per heavy atom. The fraction of sp³-hybridized carbons (Fsp3) is 0.643. The van der Waals surface area contributed by atoms with Crippen LogP contribution in [0.4, 0.5) is 4.79 Å². The largest absolute Gasteiger partial charge is 0.468 e. The summed E-state index contributed by atoms with van der Waals surface area (Å²) in [6.45, 7) is 14.7. The molecule has 0 saturated carbocycles. The fourth-order valence-corrected chi connectivity index (χ4v) is 4.19. The van der Waals surface area contributed by atoms with Gasteiger partial charge in [-0.2, -0.15) is 12.6 Å².